The quantitative estimate of drug-likeness (QED) is 0.647. The van der Waals surface area contributed by atoms with E-state index in [0.717, 1.165) is 22.2 Å². The van der Waals surface area contributed by atoms with Gasteiger partial charge in [-0.2, -0.15) is 0 Å². The monoisotopic (exact) mass is 408 g/mol. The highest BCUT2D eigenvalue weighted by molar-refractivity contribution is 7.22. The SMILES string of the molecule is CCc1ccc2nc(NC(=O)NCC3CC(=O)N(Cc4ccccc4)C3)sc2c1. The summed E-state index contributed by atoms with van der Waals surface area (Å²) >= 11 is 1.47. The first kappa shape index (κ1) is 19.4. The highest BCUT2D eigenvalue weighted by Crippen LogP contribution is 2.27. The van der Waals surface area contributed by atoms with E-state index in [1.807, 2.05) is 41.3 Å². The molecular formula is C22H24N4O2S. The van der Waals surface area contributed by atoms with Gasteiger partial charge in [-0.3, -0.25) is 10.1 Å². The van der Waals surface area contributed by atoms with Crippen molar-refractivity contribution in [1.29, 1.82) is 0 Å². The van der Waals surface area contributed by atoms with Crippen LogP contribution in [-0.4, -0.2) is 34.9 Å². The molecule has 1 atom stereocenters. The van der Waals surface area contributed by atoms with Gasteiger partial charge in [-0.1, -0.05) is 54.7 Å². The van der Waals surface area contributed by atoms with Crippen molar-refractivity contribution < 1.29 is 9.59 Å². The largest absolute Gasteiger partial charge is 0.338 e. The minimum absolute atomic E-state index is 0.124. The van der Waals surface area contributed by atoms with Crippen molar-refractivity contribution in [1.82, 2.24) is 15.2 Å². The van der Waals surface area contributed by atoms with Gasteiger partial charge in [0.2, 0.25) is 5.91 Å². The number of urea groups is 1. The van der Waals surface area contributed by atoms with Gasteiger partial charge in [-0.25, -0.2) is 9.78 Å². The third-order valence-corrected chi connectivity index (χ3v) is 6.08. The number of carbonyl (C=O) groups is 2. The van der Waals surface area contributed by atoms with Gasteiger partial charge in [0.15, 0.2) is 5.13 Å². The Labute approximate surface area is 173 Å². The van der Waals surface area contributed by atoms with E-state index in [9.17, 15) is 9.59 Å². The van der Waals surface area contributed by atoms with Crippen molar-refractivity contribution in [3.63, 3.8) is 0 Å². The summed E-state index contributed by atoms with van der Waals surface area (Å²) in [6.07, 6.45) is 1.44. The van der Waals surface area contributed by atoms with E-state index in [1.54, 1.807) is 0 Å². The average Bonchev–Trinajstić information content (AvgIpc) is 3.29. The van der Waals surface area contributed by atoms with Crippen LogP contribution in [0.15, 0.2) is 48.5 Å². The number of hydrogen-bond acceptors (Lipinski definition) is 4. The minimum atomic E-state index is -0.284. The number of likely N-dealkylation sites (tertiary alicyclic amines) is 1. The fraction of sp³-hybridized carbons (Fsp3) is 0.318. The normalized spacial score (nSPS) is 16.4. The molecule has 1 saturated heterocycles. The number of anilines is 1. The molecule has 1 unspecified atom stereocenters. The van der Waals surface area contributed by atoms with Crippen molar-refractivity contribution in [3.8, 4) is 0 Å². The molecule has 0 bridgehead atoms. The van der Waals surface area contributed by atoms with E-state index in [1.165, 1.54) is 16.9 Å². The van der Waals surface area contributed by atoms with Gasteiger partial charge in [0, 0.05) is 32.0 Å². The van der Waals surface area contributed by atoms with E-state index < -0.39 is 0 Å². The van der Waals surface area contributed by atoms with Gasteiger partial charge >= 0.3 is 6.03 Å². The molecule has 7 heteroatoms. The predicted octanol–water partition coefficient (Wildman–Crippen LogP) is 4.03. The van der Waals surface area contributed by atoms with Crippen LogP contribution in [0.2, 0.25) is 0 Å². The van der Waals surface area contributed by atoms with Crippen LogP contribution in [0.1, 0.15) is 24.5 Å². The standard InChI is InChI=1S/C22H24N4O2S/c1-2-15-8-9-18-19(10-15)29-22(24-18)25-21(28)23-12-17-11-20(27)26(14-17)13-16-6-4-3-5-7-16/h3-10,17H,2,11-14H2,1H3,(H2,23,24,25,28). The topological polar surface area (TPSA) is 74.3 Å². The summed E-state index contributed by atoms with van der Waals surface area (Å²) in [5.74, 6) is 0.262. The van der Waals surface area contributed by atoms with E-state index in [0.29, 0.717) is 31.2 Å². The minimum Gasteiger partial charge on any atom is -0.338 e. The zero-order valence-corrected chi connectivity index (χ0v) is 17.2. The Kier molecular flexibility index (Phi) is 5.76. The second-order valence-electron chi connectivity index (χ2n) is 7.34. The van der Waals surface area contributed by atoms with Gasteiger partial charge in [0.25, 0.3) is 0 Å². The number of amides is 3. The van der Waals surface area contributed by atoms with Crippen LogP contribution in [0.4, 0.5) is 9.93 Å². The molecule has 3 aromatic rings. The number of aromatic nitrogens is 1. The van der Waals surface area contributed by atoms with Gasteiger partial charge in [0.1, 0.15) is 0 Å². The second-order valence-corrected chi connectivity index (χ2v) is 8.37. The molecule has 4 rings (SSSR count). The summed E-state index contributed by atoms with van der Waals surface area (Å²) in [6.45, 7) is 3.86. The molecule has 29 heavy (non-hydrogen) atoms. The lowest BCUT2D eigenvalue weighted by Gasteiger charge is -2.17. The lowest BCUT2D eigenvalue weighted by molar-refractivity contribution is -0.128. The van der Waals surface area contributed by atoms with Crippen LogP contribution in [0.25, 0.3) is 10.2 Å². The maximum atomic E-state index is 12.3. The number of nitrogens with zero attached hydrogens (tertiary/aromatic N) is 2. The fourth-order valence-electron chi connectivity index (χ4n) is 3.57. The smallest absolute Gasteiger partial charge is 0.321 e. The molecule has 0 spiro atoms. The van der Waals surface area contributed by atoms with Crippen molar-refractivity contribution in [3.05, 3.63) is 59.7 Å². The number of nitrogens with one attached hydrogen (secondary N) is 2. The summed E-state index contributed by atoms with van der Waals surface area (Å²) in [4.78, 5) is 30.9. The molecule has 2 heterocycles. The summed E-state index contributed by atoms with van der Waals surface area (Å²) < 4.78 is 1.07. The second kappa shape index (κ2) is 8.61. The first-order valence-electron chi connectivity index (χ1n) is 9.86. The molecule has 1 aromatic heterocycles. The molecule has 2 N–H and O–H groups in total. The van der Waals surface area contributed by atoms with Crippen LogP contribution in [-0.2, 0) is 17.8 Å². The lowest BCUT2D eigenvalue weighted by Crippen LogP contribution is -2.34. The van der Waals surface area contributed by atoms with Gasteiger partial charge < -0.3 is 10.2 Å². The number of carbonyl (C=O) groups excluding carboxylic acids is 2. The summed E-state index contributed by atoms with van der Waals surface area (Å²) in [6, 6.07) is 15.8. The lowest BCUT2D eigenvalue weighted by atomic mass is 10.1. The van der Waals surface area contributed by atoms with Crippen molar-refractivity contribution >= 4 is 38.6 Å². The molecule has 6 nitrogen and oxygen atoms in total. The number of hydrogen-bond donors (Lipinski definition) is 2. The molecule has 3 amide bonds. The summed E-state index contributed by atoms with van der Waals surface area (Å²) in [5, 5.41) is 6.28. The Morgan fingerprint density at radius 1 is 1.21 bits per heavy atom. The Balaban J connectivity index is 1.28. The molecule has 2 aromatic carbocycles. The maximum absolute atomic E-state index is 12.3. The number of fused-ring (bicyclic) bond motifs is 1. The highest BCUT2D eigenvalue weighted by atomic mass is 32.1. The number of benzene rings is 2. The van der Waals surface area contributed by atoms with Crippen LogP contribution < -0.4 is 10.6 Å². The van der Waals surface area contributed by atoms with E-state index in [2.05, 4.69) is 34.7 Å². The van der Waals surface area contributed by atoms with Gasteiger partial charge in [-0.05, 0) is 29.7 Å². The molecule has 150 valence electrons. The number of thiazole rings is 1. The Morgan fingerprint density at radius 3 is 2.83 bits per heavy atom. The molecular weight excluding hydrogens is 384 g/mol. The van der Waals surface area contributed by atoms with E-state index in [-0.39, 0.29) is 17.9 Å². The molecule has 0 aliphatic carbocycles. The van der Waals surface area contributed by atoms with E-state index >= 15 is 0 Å². The molecule has 0 radical (unpaired) electrons. The first-order chi connectivity index (χ1) is 14.1. The molecule has 1 aliphatic rings. The Bertz CT molecular complexity index is 1020. The molecule has 1 fully saturated rings. The van der Waals surface area contributed by atoms with Gasteiger partial charge in [-0.15, -0.1) is 0 Å². The third kappa shape index (κ3) is 4.74. The van der Waals surface area contributed by atoms with Crippen LogP contribution >= 0.6 is 11.3 Å². The Morgan fingerprint density at radius 2 is 2.03 bits per heavy atom. The fourth-order valence-corrected chi connectivity index (χ4v) is 4.49. The molecule has 0 saturated carbocycles. The van der Waals surface area contributed by atoms with Gasteiger partial charge in [0.05, 0.1) is 10.2 Å². The Hall–Kier alpha value is -2.93. The van der Waals surface area contributed by atoms with E-state index in [4.69, 9.17) is 0 Å². The van der Waals surface area contributed by atoms with Crippen molar-refractivity contribution in [2.75, 3.05) is 18.4 Å². The third-order valence-electron chi connectivity index (χ3n) is 5.14. The first-order valence-corrected chi connectivity index (χ1v) is 10.7. The van der Waals surface area contributed by atoms with Crippen LogP contribution in [0.3, 0.4) is 0 Å². The maximum Gasteiger partial charge on any atom is 0.321 e. The zero-order chi connectivity index (χ0) is 20.2. The van der Waals surface area contributed by atoms with Crippen molar-refractivity contribution in [2.24, 2.45) is 5.92 Å². The summed E-state index contributed by atoms with van der Waals surface area (Å²) in [5.41, 5.74) is 3.26. The average molecular weight is 409 g/mol. The van der Waals surface area contributed by atoms with Crippen LogP contribution in [0.5, 0.6) is 0 Å². The summed E-state index contributed by atoms with van der Waals surface area (Å²) in [7, 11) is 0. The van der Waals surface area contributed by atoms with Crippen LogP contribution in [0, 0.1) is 5.92 Å². The van der Waals surface area contributed by atoms with Crippen molar-refractivity contribution in [2.45, 2.75) is 26.3 Å². The zero-order valence-electron chi connectivity index (χ0n) is 16.4. The predicted molar refractivity (Wildman–Crippen MR) is 116 cm³/mol. The number of aryl methyl sites for hydroxylation is 1. The molecule has 1 aliphatic heterocycles. The highest BCUT2D eigenvalue weighted by Gasteiger charge is 2.29. The number of rotatable bonds is 6.